The van der Waals surface area contributed by atoms with Crippen molar-refractivity contribution in [2.45, 2.75) is 25.2 Å². The summed E-state index contributed by atoms with van der Waals surface area (Å²) < 4.78 is 30.0. The number of benzene rings is 3. The van der Waals surface area contributed by atoms with Gasteiger partial charge in [0.25, 0.3) is 11.1 Å². The van der Waals surface area contributed by atoms with E-state index in [1.165, 1.54) is 24.3 Å². The van der Waals surface area contributed by atoms with Crippen LogP contribution in [0.15, 0.2) is 82.4 Å². The number of amides is 1. The van der Waals surface area contributed by atoms with Gasteiger partial charge in [-0.05, 0) is 74.5 Å². The molecule has 3 aromatic carbocycles. The summed E-state index contributed by atoms with van der Waals surface area (Å²) >= 11 is 1.12. The quantitative estimate of drug-likeness (QED) is 0.287. The van der Waals surface area contributed by atoms with Crippen molar-refractivity contribution in [1.29, 1.82) is 0 Å². The zero-order valence-electron chi connectivity index (χ0n) is 18.5. The van der Waals surface area contributed by atoms with Crippen molar-refractivity contribution >= 4 is 23.4 Å². The van der Waals surface area contributed by atoms with Crippen LogP contribution in [0.2, 0.25) is 0 Å². The number of hydrogen-bond donors (Lipinski definition) is 1. The lowest BCUT2D eigenvalue weighted by atomic mass is 10.2. The molecule has 1 heterocycles. The molecule has 0 bridgehead atoms. The summed E-state index contributed by atoms with van der Waals surface area (Å²) in [6.07, 6.45) is -0.526. The molecule has 1 atom stereocenters. The van der Waals surface area contributed by atoms with E-state index in [1.54, 1.807) is 31.2 Å². The van der Waals surface area contributed by atoms with E-state index in [0.29, 0.717) is 17.2 Å². The van der Waals surface area contributed by atoms with Gasteiger partial charge in [0.1, 0.15) is 23.1 Å². The van der Waals surface area contributed by atoms with E-state index in [-0.39, 0.29) is 28.6 Å². The Balaban J connectivity index is 1.24. The number of rotatable bonds is 9. The number of carbonyl (C=O) groups excluding carboxylic acids is 1. The van der Waals surface area contributed by atoms with Gasteiger partial charge in [-0.3, -0.25) is 4.79 Å². The molecule has 0 radical (unpaired) electrons. The fourth-order valence-corrected chi connectivity index (χ4v) is 3.45. The Hall–Kier alpha value is -3.85. The van der Waals surface area contributed by atoms with Crippen LogP contribution in [0.4, 0.5) is 10.1 Å². The Kier molecular flexibility index (Phi) is 7.44. The number of ether oxygens (including phenoxy) is 2. The van der Waals surface area contributed by atoms with Gasteiger partial charge < -0.3 is 19.2 Å². The van der Waals surface area contributed by atoms with E-state index in [9.17, 15) is 9.18 Å². The molecule has 7 nitrogen and oxygen atoms in total. The predicted octanol–water partition coefficient (Wildman–Crippen LogP) is 6.18. The minimum absolute atomic E-state index is 0.0937. The molecule has 1 aromatic heterocycles. The molecule has 1 N–H and O–H groups in total. The summed E-state index contributed by atoms with van der Waals surface area (Å²) in [4.78, 5) is 12.3. The van der Waals surface area contributed by atoms with E-state index >= 15 is 0 Å². The maximum absolute atomic E-state index is 13.0. The standard InChI is InChI=1S/C25H22FN3O4S/c1-16-3-9-21(10-4-16)32-22-13-7-19(8-14-22)27-23(30)15-34-25-29-28-24(33-25)17(2)31-20-11-5-18(26)6-12-20/h3-14,17H,15H2,1-2H3,(H,27,30)/t17-/m1/s1. The molecule has 1 amide bonds. The number of nitrogens with zero attached hydrogens (tertiary/aromatic N) is 2. The molecule has 0 aliphatic heterocycles. The van der Waals surface area contributed by atoms with Gasteiger partial charge >= 0.3 is 0 Å². The largest absolute Gasteiger partial charge is 0.481 e. The van der Waals surface area contributed by atoms with Crippen LogP contribution in [0.5, 0.6) is 17.2 Å². The van der Waals surface area contributed by atoms with E-state index in [1.807, 2.05) is 31.2 Å². The van der Waals surface area contributed by atoms with Crippen LogP contribution in [0.25, 0.3) is 0 Å². The number of aromatic nitrogens is 2. The van der Waals surface area contributed by atoms with Crippen LogP contribution in [-0.4, -0.2) is 21.9 Å². The Morgan fingerprint density at radius 2 is 1.59 bits per heavy atom. The molecule has 0 spiro atoms. The minimum Gasteiger partial charge on any atom is -0.481 e. The second-order valence-electron chi connectivity index (χ2n) is 7.40. The first-order chi connectivity index (χ1) is 16.4. The number of halogens is 1. The fraction of sp³-hybridized carbons (Fsp3) is 0.160. The van der Waals surface area contributed by atoms with Crippen molar-refractivity contribution in [2.75, 3.05) is 11.1 Å². The summed E-state index contributed by atoms with van der Waals surface area (Å²) in [5.74, 6) is 1.69. The second-order valence-corrected chi connectivity index (χ2v) is 8.32. The second kappa shape index (κ2) is 10.8. The average Bonchev–Trinajstić information content (AvgIpc) is 3.31. The molecule has 9 heteroatoms. The molecule has 0 aliphatic rings. The smallest absolute Gasteiger partial charge is 0.277 e. The van der Waals surface area contributed by atoms with Crippen molar-refractivity contribution in [3.8, 4) is 17.2 Å². The van der Waals surface area contributed by atoms with Gasteiger partial charge in [-0.15, -0.1) is 10.2 Å². The summed E-state index contributed by atoms with van der Waals surface area (Å²) in [7, 11) is 0. The first-order valence-corrected chi connectivity index (χ1v) is 11.5. The Morgan fingerprint density at radius 1 is 0.971 bits per heavy atom. The highest BCUT2D eigenvalue weighted by molar-refractivity contribution is 7.99. The fourth-order valence-electron chi connectivity index (χ4n) is 2.88. The van der Waals surface area contributed by atoms with Gasteiger partial charge in [0.05, 0.1) is 5.75 Å². The molecule has 0 saturated carbocycles. The number of thioether (sulfide) groups is 1. The van der Waals surface area contributed by atoms with Crippen LogP contribution in [0, 0.1) is 12.7 Å². The van der Waals surface area contributed by atoms with Gasteiger partial charge in [0.15, 0.2) is 6.10 Å². The number of hydrogen-bond acceptors (Lipinski definition) is 7. The Bertz CT molecular complexity index is 1230. The van der Waals surface area contributed by atoms with Crippen molar-refractivity contribution in [3.05, 3.63) is 90.1 Å². The lowest BCUT2D eigenvalue weighted by molar-refractivity contribution is -0.113. The predicted molar refractivity (Wildman–Crippen MR) is 127 cm³/mol. The van der Waals surface area contributed by atoms with Crippen molar-refractivity contribution < 1.29 is 23.1 Å². The highest BCUT2D eigenvalue weighted by atomic mass is 32.2. The molecular weight excluding hydrogens is 457 g/mol. The number of anilines is 1. The van der Waals surface area contributed by atoms with E-state index in [2.05, 4.69) is 15.5 Å². The van der Waals surface area contributed by atoms with Gasteiger partial charge in [-0.25, -0.2) is 4.39 Å². The third kappa shape index (κ3) is 6.58. The molecular formula is C25H22FN3O4S. The Morgan fingerprint density at radius 3 is 2.26 bits per heavy atom. The van der Waals surface area contributed by atoms with Gasteiger partial charge in [0, 0.05) is 5.69 Å². The number of nitrogens with one attached hydrogen (secondary N) is 1. The van der Waals surface area contributed by atoms with Crippen LogP contribution >= 0.6 is 11.8 Å². The van der Waals surface area contributed by atoms with Crippen LogP contribution in [0.1, 0.15) is 24.5 Å². The van der Waals surface area contributed by atoms with Crippen molar-refractivity contribution in [2.24, 2.45) is 0 Å². The van der Waals surface area contributed by atoms with E-state index in [4.69, 9.17) is 13.9 Å². The Labute approximate surface area is 200 Å². The third-order valence-corrected chi connectivity index (χ3v) is 5.44. The summed E-state index contributed by atoms with van der Waals surface area (Å²) in [5, 5.41) is 11.0. The molecule has 4 aromatic rings. The first-order valence-electron chi connectivity index (χ1n) is 10.5. The van der Waals surface area contributed by atoms with Crippen molar-refractivity contribution in [3.63, 3.8) is 0 Å². The SMILES string of the molecule is Cc1ccc(Oc2ccc(NC(=O)CSc3nnc([C@@H](C)Oc4ccc(F)cc4)o3)cc2)cc1. The van der Waals surface area contributed by atoms with Crippen LogP contribution in [-0.2, 0) is 4.79 Å². The molecule has 0 fully saturated rings. The third-order valence-electron chi connectivity index (χ3n) is 4.62. The zero-order valence-corrected chi connectivity index (χ0v) is 19.3. The molecule has 34 heavy (non-hydrogen) atoms. The van der Waals surface area contributed by atoms with Gasteiger partial charge in [-0.1, -0.05) is 29.5 Å². The lowest BCUT2D eigenvalue weighted by Gasteiger charge is -2.10. The summed E-state index contributed by atoms with van der Waals surface area (Å²) in [6, 6.07) is 20.5. The zero-order chi connectivity index (χ0) is 23.9. The first kappa shape index (κ1) is 23.3. The van der Waals surface area contributed by atoms with Gasteiger partial charge in [0.2, 0.25) is 5.91 Å². The number of aryl methyl sites for hydroxylation is 1. The topological polar surface area (TPSA) is 86.5 Å². The minimum atomic E-state index is -0.526. The molecule has 4 rings (SSSR count). The molecule has 174 valence electrons. The monoisotopic (exact) mass is 479 g/mol. The normalized spacial score (nSPS) is 11.6. The summed E-state index contributed by atoms with van der Waals surface area (Å²) in [6.45, 7) is 3.76. The highest BCUT2D eigenvalue weighted by Crippen LogP contribution is 2.25. The maximum Gasteiger partial charge on any atom is 0.277 e. The van der Waals surface area contributed by atoms with Gasteiger partial charge in [-0.2, -0.15) is 0 Å². The van der Waals surface area contributed by atoms with E-state index < -0.39 is 6.10 Å². The summed E-state index contributed by atoms with van der Waals surface area (Å²) in [5.41, 5.74) is 1.81. The molecule has 0 aliphatic carbocycles. The van der Waals surface area contributed by atoms with Crippen LogP contribution < -0.4 is 14.8 Å². The van der Waals surface area contributed by atoms with Crippen LogP contribution in [0.3, 0.4) is 0 Å². The lowest BCUT2D eigenvalue weighted by Crippen LogP contribution is -2.13. The highest BCUT2D eigenvalue weighted by Gasteiger charge is 2.17. The maximum atomic E-state index is 13.0. The average molecular weight is 480 g/mol. The van der Waals surface area contributed by atoms with E-state index in [0.717, 1.165) is 23.1 Å². The molecule has 0 saturated heterocycles. The number of carbonyl (C=O) groups is 1. The molecule has 0 unspecified atom stereocenters. The van der Waals surface area contributed by atoms with Crippen molar-refractivity contribution in [1.82, 2.24) is 10.2 Å².